The van der Waals surface area contributed by atoms with E-state index in [1.165, 1.54) is 4.90 Å². The van der Waals surface area contributed by atoms with Gasteiger partial charge in [-0.25, -0.2) is 0 Å². The van der Waals surface area contributed by atoms with Crippen LogP contribution in [0.3, 0.4) is 0 Å². The molecule has 1 N–H and O–H groups in total. The molecule has 168 valence electrons. The van der Waals surface area contributed by atoms with E-state index in [1.54, 1.807) is 32.2 Å². The maximum absolute atomic E-state index is 13.2. The second kappa shape index (κ2) is 9.34. The largest absolute Gasteiger partial charge is 0.490 e. The van der Waals surface area contributed by atoms with Gasteiger partial charge in [0.05, 0.1) is 17.7 Å². The number of amides is 2. The molecule has 2 amide bonds. The van der Waals surface area contributed by atoms with Crippen LogP contribution in [0.25, 0.3) is 0 Å². The lowest BCUT2D eigenvalue weighted by atomic mass is 10.0. The Bertz CT molecular complexity index is 1030. The van der Waals surface area contributed by atoms with Crippen LogP contribution in [-0.4, -0.2) is 42.7 Å². The van der Waals surface area contributed by atoms with Gasteiger partial charge in [-0.2, -0.15) is 0 Å². The third-order valence-electron chi connectivity index (χ3n) is 5.85. The van der Waals surface area contributed by atoms with Crippen LogP contribution in [0.1, 0.15) is 48.7 Å². The highest BCUT2D eigenvalue weighted by molar-refractivity contribution is 5.99. The predicted molar refractivity (Wildman–Crippen MR) is 120 cm³/mol. The highest BCUT2D eigenvalue weighted by Gasteiger charge is 2.28. The van der Waals surface area contributed by atoms with Gasteiger partial charge in [0, 0.05) is 13.5 Å². The number of nitrogens with one attached hydrogen (secondary N) is 1. The fraction of sp³-hybridized carbons (Fsp3) is 0.360. The normalized spacial score (nSPS) is 24.7. The van der Waals surface area contributed by atoms with Crippen LogP contribution in [0.15, 0.2) is 54.6 Å². The molecule has 0 bridgehead atoms. The molecule has 2 aliphatic heterocycles. The van der Waals surface area contributed by atoms with Crippen molar-refractivity contribution >= 4 is 11.8 Å². The van der Waals surface area contributed by atoms with Crippen molar-refractivity contribution in [3.63, 3.8) is 0 Å². The minimum atomic E-state index is -0.670. The summed E-state index contributed by atoms with van der Waals surface area (Å²) < 4.78 is 17.0. The van der Waals surface area contributed by atoms with Gasteiger partial charge in [0.15, 0.2) is 11.5 Å². The fourth-order valence-corrected chi connectivity index (χ4v) is 3.77. The Morgan fingerprint density at radius 1 is 0.938 bits per heavy atom. The molecule has 0 saturated carbocycles. The molecule has 0 spiro atoms. The van der Waals surface area contributed by atoms with E-state index in [0.717, 1.165) is 5.56 Å². The zero-order valence-electron chi connectivity index (χ0n) is 18.5. The van der Waals surface area contributed by atoms with Crippen LogP contribution >= 0.6 is 0 Å². The lowest BCUT2D eigenvalue weighted by Crippen LogP contribution is -2.47. The van der Waals surface area contributed by atoms with Crippen molar-refractivity contribution in [1.82, 2.24) is 10.2 Å². The van der Waals surface area contributed by atoms with Crippen LogP contribution in [0.5, 0.6) is 17.2 Å². The maximum Gasteiger partial charge on any atom is 0.258 e. The van der Waals surface area contributed by atoms with Gasteiger partial charge in [-0.15, -0.1) is 0 Å². The third-order valence-corrected chi connectivity index (χ3v) is 5.85. The summed E-state index contributed by atoms with van der Waals surface area (Å²) in [5.41, 5.74) is 1.35. The van der Waals surface area contributed by atoms with Crippen molar-refractivity contribution in [3.8, 4) is 17.2 Å². The Labute approximate surface area is 188 Å². The first-order valence-corrected chi connectivity index (χ1v) is 10.8. The molecule has 2 aromatic rings. The highest BCUT2D eigenvalue weighted by atomic mass is 16.7. The first-order valence-electron chi connectivity index (χ1n) is 10.8. The van der Waals surface area contributed by atoms with Gasteiger partial charge in [0.2, 0.25) is 12.7 Å². The fourth-order valence-electron chi connectivity index (χ4n) is 3.77. The average Bonchev–Trinajstić information content (AvgIpc) is 3.27. The number of carbonyl (C=O) groups excluding carboxylic acids is 2. The van der Waals surface area contributed by atoms with Crippen LogP contribution in [-0.2, 0) is 4.79 Å². The Hall–Kier alpha value is -3.48. The number of hydrogen-bond donors (Lipinski definition) is 1. The summed E-state index contributed by atoms with van der Waals surface area (Å²) in [4.78, 5) is 27.7. The van der Waals surface area contributed by atoms with Gasteiger partial charge in [-0.3, -0.25) is 9.59 Å². The number of ether oxygens (including phenoxy) is 3. The van der Waals surface area contributed by atoms with E-state index in [1.807, 2.05) is 43.3 Å². The van der Waals surface area contributed by atoms with E-state index in [0.29, 0.717) is 35.7 Å². The van der Waals surface area contributed by atoms with Crippen molar-refractivity contribution < 1.29 is 23.8 Å². The minimum absolute atomic E-state index is 0.107. The van der Waals surface area contributed by atoms with Gasteiger partial charge < -0.3 is 24.4 Å². The second-order valence-corrected chi connectivity index (χ2v) is 8.13. The van der Waals surface area contributed by atoms with Crippen LogP contribution in [0, 0.1) is 0 Å². The van der Waals surface area contributed by atoms with E-state index >= 15 is 0 Å². The number of nitrogens with zero attached hydrogens (tertiary/aromatic N) is 1. The smallest absolute Gasteiger partial charge is 0.258 e. The van der Waals surface area contributed by atoms with Gasteiger partial charge in [0.1, 0.15) is 11.8 Å². The quantitative estimate of drug-likeness (QED) is 0.687. The molecule has 32 heavy (non-hydrogen) atoms. The Morgan fingerprint density at radius 3 is 2.53 bits per heavy atom. The maximum atomic E-state index is 13.2. The number of fused-ring (bicyclic) bond motifs is 2. The molecule has 0 aromatic heterocycles. The molecule has 0 aliphatic carbocycles. The van der Waals surface area contributed by atoms with Crippen LogP contribution in [0.4, 0.5) is 0 Å². The molecule has 0 fully saturated rings. The average molecular weight is 437 g/mol. The third kappa shape index (κ3) is 4.56. The summed E-state index contributed by atoms with van der Waals surface area (Å²) in [5, 5.41) is 3.10. The van der Waals surface area contributed by atoms with E-state index in [2.05, 4.69) is 5.32 Å². The summed E-state index contributed by atoms with van der Waals surface area (Å²) >= 11 is 0. The van der Waals surface area contributed by atoms with Gasteiger partial charge in [-0.05, 0) is 50.1 Å². The Balaban J connectivity index is 1.64. The van der Waals surface area contributed by atoms with Gasteiger partial charge in [0.25, 0.3) is 5.91 Å². The first kappa shape index (κ1) is 21.7. The van der Waals surface area contributed by atoms with E-state index < -0.39 is 6.04 Å². The summed E-state index contributed by atoms with van der Waals surface area (Å²) in [6.07, 6.45) is 5.26. The summed E-state index contributed by atoms with van der Waals surface area (Å²) in [6.45, 7) is 3.89. The zero-order chi connectivity index (χ0) is 22.7. The second-order valence-electron chi connectivity index (χ2n) is 8.13. The van der Waals surface area contributed by atoms with E-state index in [9.17, 15) is 9.59 Å². The molecule has 0 saturated heterocycles. The molecule has 4 rings (SSSR count). The molecule has 2 aliphatic rings. The molecule has 3 atom stereocenters. The van der Waals surface area contributed by atoms with Crippen LogP contribution < -0.4 is 19.5 Å². The molecule has 7 heteroatoms. The molecule has 0 radical (unpaired) electrons. The predicted octanol–water partition coefficient (Wildman–Crippen LogP) is 3.85. The van der Waals surface area contributed by atoms with E-state index in [4.69, 9.17) is 14.2 Å². The lowest BCUT2D eigenvalue weighted by molar-refractivity contribution is -0.125. The van der Waals surface area contributed by atoms with Crippen molar-refractivity contribution in [1.29, 1.82) is 0 Å². The lowest BCUT2D eigenvalue weighted by Gasteiger charge is -2.28. The molecule has 2 heterocycles. The summed E-state index contributed by atoms with van der Waals surface area (Å²) in [5.74, 6) is 1.38. The number of rotatable bonds is 1. The van der Waals surface area contributed by atoms with Crippen molar-refractivity contribution in [3.05, 3.63) is 65.7 Å². The van der Waals surface area contributed by atoms with Gasteiger partial charge >= 0.3 is 0 Å². The molecular weight excluding hydrogens is 408 g/mol. The monoisotopic (exact) mass is 436 g/mol. The number of para-hydroxylation sites is 1. The number of likely N-dealkylation sites (N-methyl/N-ethyl adjacent to an activating group) is 1. The molecular formula is C25H28N2O5. The standard InChI is InChI=1S/C25H28N2O5/c1-16-8-4-6-10-20(18-12-13-22-23(14-18)31-15-30-22)26-24(28)17(2)27(3)25(29)19-9-5-7-11-21(19)32-16/h4-7,9,11-14,16-17,20H,8,10,15H2,1-3H3,(H,26,28)/b6-4+/t16-,17-,20-/m1/s1. The molecule has 2 aromatic carbocycles. The minimum Gasteiger partial charge on any atom is -0.490 e. The summed E-state index contributed by atoms with van der Waals surface area (Å²) in [6, 6.07) is 11.9. The van der Waals surface area contributed by atoms with Crippen LogP contribution in [0.2, 0.25) is 0 Å². The Morgan fingerprint density at radius 2 is 1.69 bits per heavy atom. The molecule has 7 nitrogen and oxygen atoms in total. The SMILES string of the molecule is C[C@@H]1C/C=C/C[C@H](c2ccc3c(c2)OCO3)NC(=O)[C@@H](C)N(C)C(=O)c2ccccc2O1. The first-order chi connectivity index (χ1) is 15.4. The zero-order valence-corrected chi connectivity index (χ0v) is 18.5. The van der Waals surface area contributed by atoms with Crippen molar-refractivity contribution in [2.75, 3.05) is 13.8 Å². The molecule has 0 unspecified atom stereocenters. The van der Waals surface area contributed by atoms with Crippen molar-refractivity contribution in [2.24, 2.45) is 0 Å². The van der Waals surface area contributed by atoms with Crippen molar-refractivity contribution in [2.45, 2.75) is 44.9 Å². The topological polar surface area (TPSA) is 77.1 Å². The number of benzene rings is 2. The number of hydrogen-bond acceptors (Lipinski definition) is 5. The Kier molecular flexibility index (Phi) is 6.35. The number of carbonyl (C=O) groups is 2. The highest BCUT2D eigenvalue weighted by Crippen LogP contribution is 2.35. The van der Waals surface area contributed by atoms with Gasteiger partial charge in [-0.1, -0.05) is 30.4 Å². The van der Waals surface area contributed by atoms with E-state index in [-0.39, 0.29) is 30.8 Å². The summed E-state index contributed by atoms with van der Waals surface area (Å²) in [7, 11) is 1.63.